The first-order valence-corrected chi connectivity index (χ1v) is 16.8. The van der Waals surface area contributed by atoms with Gasteiger partial charge in [-0.15, -0.1) is 0 Å². The Morgan fingerprint density at radius 2 is 1.66 bits per heavy atom. The second kappa shape index (κ2) is 13.3. The van der Waals surface area contributed by atoms with Gasteiger partial charge in [0.25, 0.3) is 27.5 Å². The minimum Gasteiger partial charge on any atom is -0.494 e. The van der Waals surface area contributed by atoms with Crippen LogP contribution in [-0.4, -0.2) is 67.9 Å². The molecule has 3 heterocycles. The largest absolute Gasteiger partial charge is 0.494 e. The van der Waals surface area contributed by atoms with Crippen LogP contribution in [0.25, 0.3) is 0 Å². The number of non-ortho nitro benzene ring substituents is 1. The lowest BCUT2D eigenvalue weighted by Crippen LogP contribution is -2.60. The zero-order valence-electron chi connectivity index (χ0n) is 26.5. The number of fused-ring (bicyclic) bond motifs is 1. The van der Waals surface area contributed by atoms with Gasteiger partial charge in [-0.25, -0.2) is 22.7 Å². The van der Waals surface area contributed by atoms with E-state index in [0.717, 1.165) is 24.3 Å². The molecule has 2 amide bonds. The zero-order valence-corrected chi connectivity index (χ0v) is 27.3. The van der Waals surface area contributed by atoms with Crippen LogP contribution in [-0.2, 0) is 25.0 Å². The summed E-state index contributed by atoms with van der Waals surface area (Å²) in [5.41, 5.74) is 0.467. The molecule has 252 valence electrons. The van der Waals surface area contributed by atoms with Crippen LogP contribution in [0.1, 0.15) is 29.2 Å². The van der Waals surface area contributed by atoms with Crippen LogP contribution in [0.2, 0.25) is 0 Å². The maximum atomic E-state index is 15.0. The molecule has 16 heteroatoms. The van der Waals surface area contributed by atoms with Crippen molar-refractivity contribution in [3.05, 3.63) is 117 Å². The molecule has 15 nitrogen and oxygen atoms in total. The Hall–Kier alpha value is -6.36. The van der Waals surface area contributed by atoms with Crippen LogP contribution in [0, 0.1) is 32.8 Å². The molecule has 1 atom stereocenters. The number of aromatic nitrogens is 1. The van der Waals surface area contributed by atoms with Gasteiger partial charge < -0.3 is 9.64 Å². The van der Waals surface area contributed by atoms with E-state index in [0.29, 0.717) is 41.9 Å². The van der Waals surface area contributed by atoms with Gasteiger partial charge >= 0.3 is 0 Å². The maximum Gasteiger partial charge on any atom is 0.270 e. The number of rotatable bonds is 9. The van der Waals surface area contributed by atoms with Gasteiger partial charge in [0.2, 0.25) is 0 Å². The minimum atomic E-state index is -4.77. The standard InChI is InChI=1S/C34H28N8O7S/c1-2-49-30-6-4-3-5-27(30)34(32(43)38-40-17-15-39(16-18-40)31-14-8-24(21-36)22-37-31)28-19-23(20-35)7-13-29(28)41(33(34)44)50(47,48)26-11-9-25(10-12-26)42(45)46/h3-14,19,22H,2,15-18H2,1H3,(H,38,43). The summed E-state index contributed by atoms with van der Waals surface area (Å²) in [6, 6.07) is 21.7. The quantitative estimate of drug-likeness (QED) is 0.153. The topological polar surface area (TPSA) is 203 Å². The third kappa shape index (κ3) is 5.62. The van der Waals surface area contributed by atoms with E-state index in [1.54, 1.807) is 42.3 Å². The van der Waals surface area contributed by atoms with Crippen LogP contribution in [0.5, 0.6) is 5.75 Å². The summed E-state index contributed by atoms with van der Waals surface area (Å²) >= 11 is 0. The molecule has 0 radical (unpaired) electrons. The number of hydrazine groups is 1. The van der Waals surface area contributed by atoms with Gasteiger partial charge in [0.15, 0.2) is 5.41 Å². The Labute approximate surface area is 286 Å². The number of nitrogens with zero attached hydrogens (tertiary/aromatic N) is 7. The van der Waals surface area contributed by atoms with E-state index in [1.165, 1.54) is 30.5 Å². The second-order valence-corrected chi connectivity index (χ2v) is 13.1. The van der Waals surface area contributed by atoms with Crippen molar-refractivity contribution in [1.82, 2.24) is 15.4 Å². The Kier molecular flexibility index (Phi) is 8.90. The van der Waals surface area contributed by atoms with Crippen LogP contribution in [0.3, 0.4) is 0 Å². The monoisotopic (exact) mass is 692 g/mol. The third-order valence-corrected chi connectivity index (χ3v) is 10.2. The summed E-state index contributed by atoms with van der Waals surface area (Å²) in [5.74, 6) is -1.23. The predicted octanol–water partition coefficient (Wildman–Crippen LogP) is 3.01. The van der Waals surface area contributed by atoms with E-state index in [1.807, 2.05) is 17.0 Å². The number of sulfonamides is 1. The van der Waals surface area contributed by atoms with E-state index in [2.05, 4.69) is 10.4 Å². The number of nitro groups is 1. The first-order valence-electron chi connectivity index (χ1n) is 15.3. The number of piperazine rings is 1. The summed E-state index contributed by atoms with van der Waals surface area (Å²) in [4.78, 5) is 46.3. The number of nitro benzene ring substituents is 1. The molecular formula is C34H28N8O7S. The Morgan fingerprint density at radius 3 is 2.28 bits per heavy atom. The lowest BCUT2D eigenvalue weighted by molar-refractivity contribution is -0.384. The van der Waals surface area contributed by atoms with Crippen LogP contribution in [0.4, 0.5) is 17.2 Å². The van der Waals surface area contributed by atoms with Gasteiger partial charge in [-0.1, -0.05) is 18.2 Å². The number of anilines is 2. The number of ether oxygens (including phenoxy) is 1. The number of nitriles is 2. The number of hydrogen-bond donors (Lipinski definition) is 1. The Balaban J connectivity index is 1.45. The van der Waals surface area contributed by atoms with Crippen LogP contribution >= 0.6 is 0 Å². The van der Waals surface area contributed by atoms with Crippen LogP contribution < -0.4 is 19.4 Å². The van der Waals surface area contributed by atoms with E-state index in [9.17, 15) is 33.4 Å². The van der Waals surface area contributed by atoms with Crippen LogP contribution in [0.15, 0.2) is 90.0 Å². The summed E-state index contributed by atoms with van der Waals surface area (Å²) in [7, 11) is -4.77. The van der Waals surface area contributed by atoms with Crippen molar-refractivity contribution < 1.29 is 27.7 Å². The van der Waals surface area contributed by atoms with Gasteiger partial charge in [0, 0.05) is 55.6 Å². The normalized spacial score (nSPS) is 17.4. The zero-order chi connectivity index (χ0) is 35.6. The van der Waals surface area contributed by atoms with Gasteiger partial charge in [-0.2, -0.15) is 10.5 Å². The molecule has 0 aliphatic carbocycles. The molecule has 6 rings (SSSR count). The van der Waals surface area contributed by atoms with Crippen molar-refractivity contribution in [2.45, 2.75) is 17.2 Å². The minimum absolute atomic E-state index is 0.0579. The molecular weight excluding hydrogens is 664 g/mol. The third-order valence-electron chi connectivity index (χ3n) is 8.51. The Bertz CT molecular complexity index is 2190. The van der Waals surface area contributed by atoms with Crippen molar-refractivity contribution in [3.63, 3.8) is 0 Å². The molecule has 2 aliphatic heterocycles. The first kappa shape index (κ1) is 33.5. The predicted molar refractivity (Wildman–Crippen MR) is 178 cm³/mol. The van der Waals surface area contributed by atoms with Crippen molar-refractivity contribution in [2.75, 3.05) is 42.0 Å². The van der Waals surface area contributed by atoms with Gasteiger partial charge in [0.05, 0.1) is 39.3 Å². The number of nitrogens with one attached hydrogen (secondary N) is 1. The number of carbonyl (C=O) groups is 2. The van der Waals surface area contributed by atoms with Crippen molar-refractivity contribution >= 4 is 39.0 Å². The fraction of sp³-hybridized carbons (Fsp3) is 0.206. The average Bonchev–Trinajstić information content (AvgIpc) is 3.40. The molecule has 1 saturated heterocycles. The van der Waals surface area contributed by atoms with E-state index >= 15 is 0 Å². The number of hydrogen-bond acceptors (Lipinski definition) is 12. The molecule has 50 heavy (non-hydrogen) atoms. The molecule has 1 aromatic heterocycles. The molecule has 1 N–H and O–H groups in total. The molecule has 4 aromatic rings. The van der Waals surface area contributed by atoms with Gasteiger partial charge in [-0.3, -0.25) is 25.1 Å². The summed E-state index contributed by atoms with van der Waals surface area (Å²) < 4.78 is 34.9. The highest BCUT2D eigenvalue weighted by Crippen LogP contribution is 2.51. The summed E-state index contributed by atoms with van der Waals surface area (Å²) in [6.07, 6.45) is 1.47. The molecule has 0 bridgehead atoms. The second-order valence-electron chi connectivity index (χ2n) is 11.3. The molecule has 3 aromatic carbocycles. The molecule has 1 unspecified atom stereocenters. The van der Waals surface area contributed by atoms with Gasteiger partial charge in [-0.05, 0) is 55.5 Å². The van der Waals surface area contributed by atoms with Crippen molar-refractivity contribution in [3.8, 4) is 17.9 Å². The SMILES string of the molecule is CCOc1ccccc1C1(C(=O)NN2CCN(c3ccc(C#N)cn3)CC2)C(=O)N(S(=O)(=O)c2ccc([N+](=O)[O-])cc2)c2ccc(C#N)cc21. The van der Waals surface area contributed by atoms with Crippen molar-refractivity contribution in [1.29, 1.82) is 10.5 Å². The van der Waals surface area contributed by atoms with E-state index in [-0.39, 0.29) is 40.4 Å². The van der Waals surface area contributed by atoms with Gasteiger partial charge in [0.1, 0.15) is 17.6 Å². The highest BCUT2D eigenvalue weighted by Gasteiger charge is 2.62. The lowest BCUT2D eigenvalue weighted by Gasteiger charge is -2.37. The summed E-state index contributed by atoms with van der Waals surface area (Å²) in [5, 5.41) is 31.8. The fourth-order valence-electron chi connectivity index (χ4n) is 6.12. The highest BCUT2D eigenvalue weighted by atomic mass is 32.2. The van der Waals surface area contributed by atoms with E-state index in [4.69, 9.17) is 10.00 Å². The summed E-state index contributed by atoms with van der Waals surface area (Å²) in [6.45, 7) is 3.30. The number of para-hydroxylation sites is 1. The van der Waals surface area contributed by atoms with Crippen molar-refractivity contribution in [2.24, 2.45) is 0 Å². The Morgan fingerprint density at radius 1 is 0.980 bits per heavy atom. The number of pyridine rings is 1. The molecule has 0 spiro atoms. The average molecular weight is 693 g/mol. The fourth-order valence-corrected chi connectivity index (χ4v) is 7.58. The van der Waals surface area contributed by atoms with E-state index < -0.39 is 37.1 Å². The smallest absolute Gasteiger partial charge is 0.270 e. The lowest BCUT2D eigenvalue weighted by atomic mass is 9.73. The highest BCUT2D eigenvalue weighted by molar-refractivity contribution is 7.93. The molecule has 1 fully saturated rings. The maximum absolute atomic E-state index is 15.0. The number of carbonyl (C=O) groups excluding carboxylic acids is 2. The number of benzene rings is 3. The number of amides is 2. The molecule has 0 saturated carbocycles. The first-order chi connectivity index (χ1) is 24.1. The molecule has 2 aliphatic rings.